The molecule has 0 spiro atoms. The molecule has 2 rings (SSSR count). The van der Waals surface area contributed by atoms with Crippen LogP contribution >= 0.6 is 0 Å². The van der Waals surface area contributed by atoms with E-state index in [1.54, 1.807) is 24.3 Å². The zero-order chi connectivity index (χ0) is 25.7. The van der Waals surface area contributed by atoms with Crippen LogP contribution in [0.4, 0.5) is 17.1 Å². The summed E-state index contributed by atoms with van der Waals surface area (Å²) in [4.78, 5) is 13.5. The zero-order valence-electron chi connectivity index (χ0n) is 21.0. The SMILES string of the molecule is C=CC(=O)OCCCCCCN(C)c1ccc(/N=N/c2ccc(S(=O)(=O)C[C@H](C)CC)cc2)cc1. The summed E-state index contributed by atoms with van der Waals surface area (Å²) < 4.78 is 29.9. The number of carbonyl (C=O) groups is 1. The molecule has 35 heavy (non-hydrogen) atoms. The molecule has 0 saturated heterocycles. The smallest absolute Gasteiger partial charge is 0.330 e. The number of nitrogens with zero attached hydrogens (tertiary/aromatic N) is 3. The molecule has 0 saturated carbocycles. The molecule has 2 aromatic carbocycles. The van der Waals surface area contributed by atoms with E-state index in [2.05, 4.69) is 28.8 Å². The first-order chi connectivity index (χ1) is 16.7. The summed E-state index contributed by atoms with van der Waals surface area (Å²) in [6.45, 7) is 8.68. The van der Waals surface area contributed by atoms with E-state index in [-0.39, 0.29) is 17.6 Å². The molecule has 7 nitrogen and oxygen atoms in total. The first kappa shape index (κ1) is 28.2. The van der Waals surface area contributed by atoms with Gasteiger partial charge < -0.3 is 9.64 Å². The molecular weight excluding hydrogens is 462 g/mol. The number of anilines is 1. The molecule has 1 atom stereocenters. The normalized spacial score (nSPS) is 12.4. The van der Waals surface area contributed by atoms with Crippen molar-refractivity contribution < 1.29 is 17.9 Å². The molecule has 2 aromatic rings. The first-order valence-electron chi connectivity index (χ1n) is 12.1. The van der Waals surface area contributed by atoms with E-state index in [9.17, 15) is 13.2 Å². The fraction of sp³-hybridized carbons (Fsp3) is 0.444. The van der Waals surface area contributed by atoms with Gasteiger partial charge in [0.2, 0.25) is 0 Å². The number of rotatable bonds is 15. The fourth-order valence-corrected chi connectivity index (χ4v) is 5.09. The third-order valence-corrected chi connectivity index (χ3v) is 7.77. The molecule has 0 aliphatic heterocycles. The lowest BCUT2D eigenvalue weighted by atomic mass is 10.2. The zero-order valence-corrected chi connectivity index (χ0v) is 21.8. The minimum absolute atomic E-state index is 0.127. The molecule has 0 aliphatic carbocycles. The van der Waals surface area contributed by atoms with E-state index in [1.807, 2.05) is 38.1 Å². The lowest BCUT2D eigenvalue weighted by molar-refractivity contribution is -0.137. The van der Waals surface area contributed by atoms with Gasteiger partial charge in [-0.05, 0) is 73.7 Å². The van der Waals surface area contributed by atoms with Crippen molar-refractivity contribution in [3.63, 3.8) is 0 Å². The Hall–Kier alpha value is -3.00. The van der Waals surface area contributed by atoms with Crippen LogP contribution in [0.25, 0.3) is 0 Å². The highest BCUT2D eigenvalue weighted by molar-refractivity contribution is 7.91. The highest BCUT2D eigenvalue weighted by Gasteiger charge is 2.17. The minimum Gasteiger partial charge on any atom is -0.463 e. The summed E-state index contributed by atoms with van der Waals surface area (Å²) in [6, 6.07) is 14.4. The molecule has 0 heterocycles. The van der Waals surface area contributed by atoms with Gasteiger partial charge in [-0.15, -0.1) is 0 Å². The Kier molecular flexibility index (Phi) is 11.6. The van der Waals surface area contributed by atoms with Crippen molar-refractivity contribution in [2.75, 3.05) is 30.9 Å². The van der Waals surface area contributed by atoms with Crippen molar-refractivity contribution in [1.82, 2.24) is 0 Å². The monoisotopic (exact) mass is 499 g/mol. The van der Waals surface area contributed by atoms with Gasteiger partial charge >= 0.3 is 5.97 Å². The third kappa shape index (κ3) is 10.0. The van der Waals surface area contributed by atoms with E-state index in [4.69, 9.17) is 4.74 Å². The van der Waals surface area contributed by atoms with Crippen LogP contribution in [-0.4, -0.2) is 40.3 Å². The van der Waals surface area contributed by atoms with Crippen molar-refractivity contribution in [3.8, 4) is 0 Å². The average molecular weight is 500 g/mol. The van der Waals surface area contributed by atoms with Crippen molar-refractivity contribution >= 4 is 32.9 Å². The van der Waals surface area contributed by atoms with Crippen molar-refractivity contribution in [3.05, 3.63) is 61.2 Å². The fourth-order valence-electron chi connectivity index (χ4n) is 3.36. The van der Waals surface area contributed by atoms with Gasteiger partial charge in [0.15, 0.2) is 9.84 Å². The summed E-state index contributed by atoms with van der Waals surface area (Å²) in [5.41, 5.74) is 2.43. The Balaban J connectivity index is 1.80. The maximum Gasteiger partial charge on any atom is 0.330 e. The molecule has 0 N–H and O–H groups in total. The molecule has 0 aromatic heterocycles. The Morgan fingerprint density at radius 3 is 2.14 bits per heavy atom. The van der Waals surface area contributed by atoms with Gasteiger partial charge in [-0.25, -0.2) is 13.2 Å². The number of ether oxygens (including phenoxy) is 1. The highest BCUT2D eigenvalue weighted by atomic mass is 32.2. The largest absolute Gasteiger partial charge is 0.463 e. The van der Waals surface area contributed by atoms with Gasteiger partial charge in [0, 0.05) is 25.4 Å². The van der Waals surface area contributed by atoms with E-state index in [0.29, 0.717) is 17.2 Å². The van der Waals surface area contributed by atoms with Crippen molar-refractivity contribution in [2.24, 2.45) is 16.1 Å². The predicted molar refractivity (Wildman–Crippen MR) is 141 cm³/mol. The molecule has 0 radical (unpaired) electrons. The maximum absolute atomic E-state index is 12.5. The molecule has 190 valence electrons. The number of hydrogen-bond donors (Lipinski definition) is 0. The van der Waals surface area contributed by atoms with Crippen molar-refractivity contribution in [1.29, 1.82) is 0 Å². The molecule has 0 amide bonds. The van der Waals surface area contributed by atoms with E-state index in [1.165, 1.54) is 6.08 Å². The first-order valence-corrected chi connectivity index (χ1v) is 13.8. The topological polar surface area (TPSA) is 88.4 Å². The summed E-state index contributed by atoms with van der Waals surface area (Å²) >= 11 is 0. The number of sulfone groups is 1. The summed E-state index contributed by atoms with van der Waals surface area (Å²) in [6.07, 6.45) is 6.01. The summed E-state index contributed by atoms with van der Waals surface area (Å²) in [7, 11) is -1.23. The number of unbranched alkanes of at least 4 members (excludes halogenated alkanes) is 3. The number of esters is 1. The van der Waals surface area contributed by atoms with Crippen LogP contribution in [0, 0.1) is 5.92 Å². The van der Waals surface area contributed by atoms with Crippen LogP contribution in [-0.2, 0) is 19.4 Å². The second-order valence-corrected chi connectivity index (χ2v) is 10.7. The van der Waals surface area contributed by atoms with Crippen LogP contribution in [0.2, 0.25) is 0 Å². The van der Waals surface area contributed by atoms with Crippen LogP contribution in [0.1, 0.15) is 46.0 Å². The Labute approximate surface area is 209 Å². The molecule has 8 heteroatoms. The Bertz CT molecular complexity index is 1060. The van der Waals surface area contributed by atoms with E-state index in [0.717, 1.165) is 50.0 Å². The predicted octanol–water partition coefficient (Wildman–Crippen LogP) is 6.65. The number of hydrogen-bond acceptors (Lipinski definition) is 7. The van der Waals surface area contributed by atoms with Crippen LogP contribution in [0.15, 0.2) is 76.3 Å². The molecule has 0 aliphatic rings. The second-order valence-electron chi connectivity index (χ2n) is 8.71. The molecule has 0 fully saturated rings. The second kappa shape index (κ2) is 14.4. The van der Waals surface area contributed by atoms with E-state index < -0.39 is 9.84 Å². The Morgan fingerprint density at radius 2 is 1.57 bits per heavy atom. The van der Waals surface area contributed by atoms with Crippen LogP contribution < -0.4 is 4.90 Å². The van der Waals surface area contributed by atoms with E-state index >= 15 is 0 Å². The van der Waals surface area contributed by atoms with Gasteiger partial charge in [0.25, 0.3) is 0 Å². The summed E-state index contributed by atoms with van der Waals surface area (Å²) in [5.74, 6) is -0.0891. The van der Waals surface area contributed by atoms with Gasteiger partial charge in [0.05, 0.1) is 28.6 Å². The van der Waals surface area contributed by atoms with Crippen molar-refractivity contribution in [2.45, 2.75) is 50.8 Å². The number of benzene rings is 2. The standard InChI is InChI=1S/C27H37N3O4S/c1-5-22(3)21-35(32,33)26-17-13-24(14-18-26)29-28-23-11-15-25(16-12-23)30(4)19-9-7-8-10-20-34-27(31)6-2/h6,11-18,22H,2,5,7-10,19-21H2,1,3-4H3/b29-28+/t22-/m1/s1. The minimum atomic E-state index is -3.28. The highest BCUT2D eigenvalue weighted by Crippen LogP contribution is 2.24. The molecule has 0 unspecified atom stereocenters. The lowest BCUT2D eigenvalue weighted by Gasteiger charge is -2.19. The Morgan fingerprint density at radius 1 is 1.00 bits per heavy atom. The van der Waals surface area contributed by atoms with Gasteiger partial charge in [-0.2, -0.15) is 10.2 Å². The number of azo groups is 1. The van der Waals surface area contributed by atoms with Gasteiger partial charge in [0.1, 0.15) is 0 Å². The number of carbonyl (C=O) groups excluding carboxylic acids is 1. The molecular formula is C27H37N3O4S. The van der Waals surface area contributed by atoms with Crippen LogP contribution in [0.3, 0.4) is 0 Å². The quantitative estimate of drug-likeness (QED) is 0.118. The lowest BCUT2D eigenvalue weighted by Crippen LogP contribution is -2.18. The van der Waals surface area contributed by atoms with Crippen LogP contribution in [0.5, 0.6) is 0 Å². The van der Waals surface area contributed by atoms with Gasteiger partial charge in [-0.3, -0.25) is 0 Å². The average Bonchev–Trinajstić information content (AvgIpc) is 2.86. The third-order valence-electron chi connectivity index (χ3n) is 5.77. The summed E-state index contributed by atoms with van der Waals surface area (Å²) in [5, 5.41) is 8.50. The van der Waals surface area contributed by atoms with Gasteiger partial charge in [-0.1, -0.05) is 33.3 Å². The maximum atomic E-state index is 12.5. The molecule has 0 bridgehead atoms.